The third kappa shape index (κ3) is 2.70. The molecule has 4 rings (SSSR count). The van der Waals surface area contributed by atoms with Crippen LogP contribution in [-0.4, -0.2) is 16.2 Å². The quantitative estimate of drug-likeness (QED) is 0.651. The van der Waals surface area contributed by atoms with Gasteiger partial charge in [-0.2, -0.15) is 13.2 Å². The van der Waals surface area contributed by atoms with Crippen LogP contribution in [0.2, 0.25) is 0 Å². The number of halogens is 3. The zero-order valence-corrected chi connectivity index (χ0v) is 13.2. The van der Waals surface area contributed by atoms with Gasteiger partial charge in [-0.25, -0.2) is 0 Å². The van der Waals surface area contributed by atoms with E-state index in [1.54, 1.807) is 22.8 Å². The summed E-state index contributed by atoms with van der Waals surface area (Å²) >= 11 is 0. The van der Waals surface area contributed by atoms with Crippen molar-refractivity contribution in [2.45, 2.75) is 19.3 Å². The van der Waals surface area contributed by atoms with E-state index in [2.05, 4.69) is 10.6 Å². The fourth-order valence-electron chi connectivity index (χ4n) is 3.33. The summed E-state index contributed by atoms with van der Waals surface area (Å²) in [5.74, 6) is -0.315. The molecular weight excluding hydrogens is 331 g/mol. The minimum atomic E-state index is -4.56. The smallest absolute Gasteiger partial charge is 0.417 e. The summed E-state index contributed by atoms with van der Waals surface area (Å²) in [6.45, 7) is 1.47. The molecule has 130 valence electrons. The second-order valence-electron chi connectivity index (χ2n) is 6.03. The Morgan fingerprint density at radius 3 is 2.56 bits per heavy atom. The molecule has 0 spiro atoms. The van der Waals surface area contributed by atoms with Crippen LogP contribution in [0.1, 0.15) is 11.3 Å². The van der Waals surface area contributed by atoms with Crippen molar-refractivity contribution in [3.8, 4) is 5.88 Å². The van der Waals surface area contributed by atoms with E-state index in [0.717, 1.165) is 6.07 Å². The van der Waals surface area contributed by atoms with Gasteiger partial charge >= 0.3 is 6.18 Å². The maximum absolute atomic E-state index is 13.6. The normalized spacial score (nSPS) is 14.5. The third-order valence-corrected chi connectivity index (χ3v) is 4.43. The van der Waals surface area contributed by atoms with Gasteiger partial charge in [0, 0.05) is 42.1 Å². The summed E-state index contributed by atoms with van der Waals surface area (Å²) in [6, 6.07) is 11.7. The molecule has 2 heterocycles. The first-order valence-electron chi connectivity index (χ1n) is 7.93. The van der Waals surface area contributed by atoms with E-state index in [-0.39, 0.29) is 11.3 Å². The van der Waals surface area contributed by atoms with Crippen LogP contribution in [-0.2, 0) is 19.3 Å². The second-order valence-corrected chi connectivity index (χ2v) is 6.03. The highest BCUT2D eigenvalue weighted by molar-refractivity contribution is 5.97. The SMILES string of the molecule is Oc1c2c(C(F)(F)F)cc(Nc3ccccc3)cc2c2n1CCNC2. The summed E-state index contributed by atoms with van der Waals surface area (Å²) in [6.07, 6.45) is -4.56. The summed E-state index contributed by atoms with van der Waals surface area (Å²) in [5.41, 5.74) is 0.874. The molecule has 0 bridgehead atoms. The molecule has 0 fully saturated rings. The van der Waals surface area contributed by atoms with Crippen LogP contribution in [0, 0.1) is 0 Å². The van der Waals surface area contributed by atoms with Gasteiger partial charge in [-0.15, -0.1) is 0 Å². The van der Waals surface area contributed by atoms with E-state index in [0.29, 0.717) is 42.1 Å². The molecule has 0 amide bonds. The predicted octanol–water partition coefficient (Wildman–Crippen LogP) is 4.21. The standard InChI is InChI=1S/C18H16F3N3O/c19-18(20,21)14-9-12(23-11-4-2-1-3-5-11)8-13-15-10-22-6-7-24(15)17(25)16(13)14/h1-5,8-9,22-23,25H,6-7,10H2. The number of fused-ring (bicyclic) bond motifs is 3. The number of nitrogens with one attached hydrogen (secondary N) is 2. The third-order valence-electron chi connectivity index (χ3n) is 4.43. The van der Waals surface area contributed by atoms with E-state index in [4.69, 9.17) is 0 Å². The van der Waals surface area contributed by atoms with Crippen LogP contribution in [0.25, 0.3) is 10.8 Å². The molecule has 4 nitrogen and oxygen atoms in total. The number of aromatic hydroxyl groups is 1. The van der Waals surface area contributed by atoms with Crippen molar-refractivity contribution in [2.24, 2.45) is 0 Å². The Balaban J connectivity index is 1.94. The van der Waals surface area contributed by atoms with Gasteiger partial charge in [0.2, 0.25) is 0 Å². The first-order chi connectivity index (χ1) is 11.9. The lowest BCUT2D eigenvalue weighted by Gasteiger charge is -2.17. The predicted molar refractivity (Wildman–Crippen MR) is 90.0 cm³/mol. The van der Waals surface area contributed by atoms with Gasteiger partial charge in [-0.05, 0) is 24.3 Å². The van der Waals surface area contributed by atoms with Crippen LogP contribution in [0.15, 0.2) is 42.5 Å². The highest BCUT2D eigenvalue weighted by Gasteiger charge is 2.36. The largest absolute Gasteiger partial charge is 0.494 e. The van der Waals surface area contributed by atoms with Gasteiger partial charge in [0.1, 0.15) is 0 Å². The summed E-state index contributed by atoms with van der Waals surface area (Å²) in [7, 11) is 0. The molecule has 0 atom stereocenters. The van der Waals surface area contributed by atoms with Crippen LogP contribution in [0.4, 0.5) is 24.5 Å². The van der Waals surface area contributed by atoms with E-state index < -0.39 is 11.7 Å². The van der Waals surface area contributed by atoms with Crippen LogP contribution in [0.3, 0.4) is 0 Å². The molecule has 0 saturated heterocycles. The summed E-state index contributed by atoms with van der Waals surface area (Å²) in [5, 5.41) is 16.8. The van der Waals surface area contributed by atoms with Crippen molar-refractivity contribution in [3.63, 3.8) is 0 Å². The van der Waals surface area contributed by atoms with Gasteiger partial charge in [0.05, 0.1) is 10.9 Å². The number of para-hydroxylation sites is 1. The summed E-state index contributed by atoms with van der Waals surface area (Å²) < 4.78 is 42.4. The lowest BCUT2D eigenvalue weighted by molar-refractivity contribution is -0.136. The summed E-state index contributed by atoms with van der Waals surface area (Å²) in [4.78, 5) is 0. The Hall–Kier alpha value is -2.67. The molecule has 1 aliphatic rings. The topological polar surface area (TPSA) is 49.2 Å². The van der Waals surface area contributed by atoms with Crippen molar-refractivity contribution < 1.29 is 18.3 Å². The lowest BCUT2D eigenvalue weighted by atomic mass is 10.0. The van der Waals surface area contributed by atoms with E-state index >= 15 is 0 Å². The van der Waals surface area contributed by atoms with Crippen molar-refractivity contribution >= 4 is 22.1 Å². The molecule has 7 heteroatoms. The Morgan fingerprint density at radius 2 is 1.84 bits per heavy atom. The fourth-order valence-corrected chi connectivity index (χ4v) is 3.33. The molecule has 0 unspecified atom stereocenters. The van der Waals surface area contributed by atoms with Crippen molar-refractivity contribution in [3.05, 3.63) is 53.7 Å². The molecule has 1 aliphatic heterocycles. The van der Waals surface area contributed by atoms with E-state index in [1.165, 1.54) is 0 Å². The van der Waals surface area contributed by atoms with Gasteiger partial charge in [0.15, 0.2) is 5.88 Å². The Labute approximate surface area is 141 Å². The fraction of sp³-hybridized carbons (Fsp3) is 0.222. The minimum absolute atomic E-state index is 0.134. The van der Waals surface area contributed by atoms with Crippen LogP contribution >= 0.6 is 0 Å². The molecule has 1 aromatic heterocycles. The first-order valence-corrected chi connectivity index (χ1v) is 7.93. The van der Waals surface area contributed by atoms with Crippen molar-refractivity contribution in [1.29, 1.82) is 0 Å². The highest BCUT2D eigenvalue weighted by Crippen LogP contribution is 2.44. The Bertz CT molecular complexity index is 932. The molecule has 0 saturated carbocycles. The number of alkyl halides is 3. The number of nitrogens with zero attached hydrogens (tertiary/aromatic N) is 1. The molecule has 2 aromatic carbocycles. The molecule has 0 radical (unpaired) electrons. The Morgan fingerprint density at radius 1 is 1.08 bits per heavy atom. The Kier molecular flexibility index (Phi) is 3.61. The average molecular weight is 347 g/mol. The molecule has 0 aliphatic carbocycles. The average Bonchev–Trinajstić information content (AvgIpc) is 2.88. The van der Waals surface area contributed by atoms with Gasteiger partial charge in [-0.1, -0.05) is 18.2 Å². The second kappa shape index (κ2) is 5.70. The number of rotatable bonds is 2. The lowest BCUT2D eigenvalue weighted by Crippen LogP contribution is -2.27. The monoisotopic (exact) mass is 347 g/mol. The van der Waals surface area contributed by atoms with Crippen LogP contribution < -0.4 is 10.6 Å². The molecule has 3 N–H and O–H groups in total. The van der Waals surface area contributed by atoms with Crippen molar-refractivity contribution in [2.75, 3.05) is 11.9 Å². The van der Waals surface area contributed by atoms with E-state index in [9.17, 15) is 18.3 Å². The van der Waals surface area contributed by atoms with E-state index in [1.807, 2.05) is 18.2 Å². The minimum Gasteiger partial charge on any atom is -0.494 e. The number of hydrogen-bond donors (Lipinski definition) is 3. The maximum Gasteiger partial charge on any atom is 0.417 e. The van der Waals surface area contributed by atoms with Gasteiger partial charge < -0.3 is 20.3 Å². The number of anilines is 2. The zero-order valence-electron chi connectivity index (χ0n) is 13.2. The number of hydrogen-bond acceptors (Lipinski definition) is 3. The zero-order chi connectivity index (χ0) is 17.6. The number of aromatic nitrogens is 1. The van der Waals surface area contributed by atoms with Gasteiger partial charge in [0.25, 0.3) is 0 Å². The van der Waals surface area contributed by atoms with Crippen LogP contribution in [0.5, 0.6) is 5.88 Å². The molecule has 3 aromatic rings. The highest BCUT2D eigenvalue weighted by atomic mass is 19.4. The van der Waals surface area contributed by atoms with Gasteiger partial charge in [-0.3, -0.25) is 0 Å². The van der Waals surface area contributed by atoms with Crippen molar-refractivity contribution in [1.82, 2.24) is 9.88 Å². The first kappa shape index (κ1) is 15.8. The molecule has 25 heavy (non-hydrogen) atoms. The maximum atomic E-state index is 13.6. The number of benzene rings is 2. The molecular formula is C18H16F3N3O.